The summed E-state index contributed by atoms with van der Waals surface area (Å²) in [6, 6.07) is 0. The van der Waals surface area contributed by atoms with Crippen LogP contribution in [-0.2, 0) is 11.2 Å². The average Bonchev–Trinajstić information content (AvgIpc) is 3.22. The van der Waals surface area contributed by atoms with Crippen LogP contribution >= 0.6 is 23.1 Å². The first-order chi connectivity index (χ1) is 12.8. The normalized spacial score (nSPS) is 22.6. The average molecular weight is 409 g/mol. The lowest BCUT2D eigenvalue weighted by molar-refractivity contribution is -0.136. The summed E-state index contributed by atoms with van der Waals surface area (Å²) >= 11 is 3.58. The molecule has 0 spiro atoms. The van der Waals surface area contributed by atoms with Crippen molar-refractivity contribution in [1.29, 1.82) is 0 Å². The van der Waals surface area contributed by atoms with Crippen LogP contribution in [0.4, 0.5) is 5.13 Å². The van der Waals surface area contributed by atoms with Gasteiger partial charge in [-0.05, 0) is 61.7 Å². The Morgan fingerprint density at radius 2 is 2.11 bits per heavy atom. The minimum Gasteiger partial charge on any atom is -0.481 e. The van der Waals surface area contributed by atoms with Crippen LogP contribution in [0.5, 0.6) is 0 Å². The third-order valence-corrected chi connectivity index (χ3v) is 7.97. The lowest BCUT2D eigenvalue weighted by Crippen LogP contribution is -2.32. The Balaban J connectivity index is 1.60. The molecule has 0 amide bonds. The number of aliphatic carboxylic acids is 1. The number of nitrogens with zero attached hydrogens (tertiary/aromatic N) is 2. The molecular formula is C21H32N2O2S2. The highest BCUT2D eigenvalue weighted by Crippen LogP contribution is 2.39. The Morgan fingerprint density at radius 3 is 2.74 bits per heavy atom. The summed E-state index contributed by atoms with van der Waals surface area (Å²) in [6.07, 6.45) is 9.79. The minimum atomic E-state index is -0.741. The number of aromatic nitrogens is 1. The van der Waals surface area contributed by atoms with Crippen molar-refractivity contribution in [3.63, 3.8) is 0 Å². The molecule has 1 saturated carbocycles. The van der Waals surface area contributed by atoms with Gasteiger partial charge in [-0.25, -0.2) is 4.98 Å². The lowest BCUT2D eigenvalue weighted by Gasteiger charge is -2.34. The molecule has 1 aromatic heterocycles. The van der Waals surface area contributed by atoms with E-state index in [1.165, 1.54) is 36.3 Å². The van der Waals surface area contributed by atoms with Gasteiger partial charge in [0.05, 0.1) is 12.1 Å². The highest BCUT2D eigenvalue weighted by atomic mass is 32.2. The molecule has 4 nitrogen and oxygen atoms in total. The maximum Gasteiger partial charge on any atom is 0.305 e. The Bertz CT molecular complexity index is 673. The first kappa shape index (κ1) is 20.7. The van der Waals surface area contributed by atoms with Crippen LogP contribution < -0.4 is 4.90 Å². The van der Waals surface area contributed by atoms with Crippen molar-refractivity contribution >= 4 is 34.2 Å². The molecule has 1 N–H and O–H groups in total. The Hall–Kier alpha value is -1.01. The molecule has 1 aliphatic heterocycles. The third-order valence-electron chi connectivity index (χ3n) is 5.81. The van der Waals surface area contributed by atoms with E-state index in [4.69, 9.17) is 10.1 Å². The minimum absolute atomic E-state index is 0.163. The van der Waals surface area contributed by atoms with Gasteiger partial charge < -0.3 is 10.0 Å². The predicted octanol–water partition coefficient (Wildman–Crippen LogP) is 5.59. The molecule has 0 saturated heterocycles. The summed E-state index contributed by atoms with van der Waals surface area (Å²) in [5.74, 6) is 0.00709. The summed E-state index contributed by atoms with van der Waals surface area (Å²) in [7, 11) is 0. The van der Waals surface area contributed by atoms with E-state index in [-0.39, 0.29) is 6.42 Å². The van der Waals surface area contributed by atoms with Gasteiger partial charge >= 0.3 is 5.97 Å². The molecule has 2 heterocycles. The Labute approximate surface area is 171 Å². The summed E-state index contributed by atoms with van der Waals surface area (Å²) in [4.78, 5) is 19.6. The number of thiazole rings is 1. The third kappa shape index (κ3) is 6.24. The second-order valence-corrected chi connectivity index (χ2v) is 11.2. The molecule has 1 aromatic rings. The van der Waals surface area contributed by atoms with Gasteiger partial charge in [0.2, 0.25) is 0 Å². The first-order valence-corrected chi connectivity index (χ1v) is 11.8. The number of hydrogen-bond donors (Lipinski definition) is 1. The molecule has 1 atom stereocenters. The number of allylic oxidation sites excluding steroid dienone is 2. The van der Waals surface area contributed by atoms with Crippen LogP contribution in [-0.4, -0.2) is 34.4 Å². The van der Waals surface area contributed by atoms with Crippen LogP contribution in [0.15, 0.2) is 16.4 Å². The second-order valence-electron chi connectivity index (χ2n) is 8.81. The van der Waals surface area contributed by atoms with Crippen LogP contribution in [0.3, 0.4) is 0 Å². The molecule has 0 bridgehead atoms. The maximum atomic E-state index is 11.1. The van der Waals surface area contributed by atoms with Gasteiger partial charge in [0.1, 0.15) is 0 Å². The van der Waals surface area contributed by atoms with Gasteiger partial charge in [0.15, 0.2) is 5.13 Å². The molecule has 3 rings (SSSR count). The van der Waals surface area contributed by atoms with Crippen molar-refractivity contribution < 1.29 is 9.90 Å². The number of hydrogen-bond acceptors (Lipinski definition) is 5. The SMILES string of the molecule is CC1=CCC(CN(CCC(=O)O)c2nc(CC3CCC(C)(C)CC3)cs2)S1. The number of thioether (sulfide) groups is 1. The van der Waals surface area contributed by atoms with E-state index in [9.17, 15) is 4.79 Å². The van der Waals surface area contributed by atoms with Crippen molar-refractivity contribution in [2.24, 2.45) is 11.3 Å². The molecule has 150 valence electrons. The molecule has 27 heavy (non-hydrogen) atoms. The number of anilines is 1. The van der Waals surface area contributed by atoms with Gasteiger partial charge in [-0.2, -0.15) is 0 Å². The van der Waals surface area contributed by atoms with E-state index >= 15 is 0 Å². The molecular weight excluding hydrogens is 376 g/mol. The smallest absolute Gasteiger partial charge is 0.305 e. The van der Waals surface area contributed by atoms with Gasteiger partial charge in [0, 0.05) is 23.7 Å². The summed E-state index contributed by atoms with van der Waals surface area (Å²) in [6.45, 7) is 8.32. The van der Waals surface area contributed by atoms with E-state index in [1.807, 2.05) is 11.8 Å². The summed E-state index contributed by atoms with van der Waals surface area (Å²) in [5.41, 5.74) is 1.69. The van der Waals surface area contributed by atoms with Gasteiger partial charge in [0.25, 0.3) is 0 Å². The van der Waals surface area contributed by atoms with Crippen LogP contribution in [0.25, 0.3) is 0 Å². The molecule has 6 heteroatoms. The standard InChI is InChI=1S/C21H32N2O2S2/c1-15-4-5-18(27-15)13-23(11-8-19(24)25)20-22-17(14-26-20)12-16-6-9-21(2,3)10-7-16/h4,14,16,18H,5-13H2,1-3H3,(H,24,25). The van der Waals surface area contributed by atoms with E-state index in [0.717, 1.165) is 30.4 Å². The molecule has 1 aliphatic carbocycles. The maximum absolute atomic E-state index is 11.1. The first-order valence-electron chi connectivity index (χ1n) is 10.1. The molecule has 1 fully saturated rings. The fraction of sp³-hybridized carbons (Fsp3) is 0.714. The van der Waals surface area contributed by atoms with E-state index in [2.05, 4.69) is 37.1 Å². The number of carboxylic acids is 1. The zero-order valence-corrected chi connectivity index (χ0v) is 18.4. The summed E-state index contributed by atoms with van der Waals surface area (Å²) < 4.78 is 0. The zero-order valence-electron chi connectivity index (χ0n) is 16.7. The highest BCUT2D eigenvalue weighted by Gasteiger charge is 2.27. The summed E-state index contributed by atoms with van der Waals surface area (Å²) in [5, 5.41) is 12.8. The van der Waals surface area contributed by atoms with Crippen molar-refractivity contribution in [1.82, 2.24) is 4.98 Å². The molecule has 0 aromatic carbocycles. The Morgan fingerprint density at radius 1 is 1.37 bits per heavy atom. The molecule has 2 aliphatic rings. The fourth-order valence-electron chi connectivity index (χ4n) is 4.00. The number of carbonyl (C=O) groups is 1. The van der Waals surface area contributed by atoms with Crippen molar-refractivity contribution in [3.05, 3.63) is 22.1 Å². The Kier molecular flexibility index (Phi) is 6.90. The van der Waals surface area contributed by atoms with Gasteiger partial charge in [-0.15, -0.1) is 23.1 Å². The van der Waals surface area contributed by atoms with E-state index in [1.54, 1.807) is 11.3 Å². The topological polar surface area (TPSA) is 53.4 Å². The van der Waals surface area contributed by atoms with Crippen LogP contribution in [0.2, 0.25) is 0 Å². The quantitative estimate of drug-likeness (QED) is 0.607. The molecule has 1 unspecified atom stereocenters. The van der Waals surface area contributed by atoms with Crippen molar-refractivity contribution in [2.75, 3.05) is 18.0 Å². The van der Waals surface area contributed by atoms with Crippen LogP contribution in [0, 0.1) is 11.3 Å². The van der Waals surface area contributed by atoms with Gasteiger partial charge in [-0.1, -0.05) is 19.9 Å². The largest absolute Gasteiger partial charge is 0.481 e. The molecule has 0 radical (unpaired) electrons. The lowest BCUT2D eigenvalue weighted by atomic mass is 9.72. The van der Waals surface area contributed by atoms with Crippen LogP contribution in [0.1, 0.15) is 65.0 Å². The fourth-order valence-corrected chi connectivity index (χ4v) is 6.04. The highest BCUT2D eigenvalue weighted by molar-refractivity contribution is 8.03. The van der Waals surface area contributed by atoms with Gasteiger partial charge in [-0.3, -0.25) is 4.79 Å². The number of rotatable bonds is 8. The predicted molar refractivity (Wildman–Crippen MR) is 116 cm³/mol. The number of carboxylic acid groups (broad SMARTS) is 1. The zero-order chi connectivity index (χ0) is 19.4. The monoisotopic (exact) mass is 408 g/mol. The second kappa shape index (κ2) is 8.99. The van der Waals surface area contributed by atoms with E-state index in [0.29, 0.717) is 17.2 Å². The van der Waals surface area contributed by atoms with Crippen molar-refractivity contribution in [2.45, 2.75) is 71.0 Å². The van der Waals surface area contributed by atoms with E-state index < -0.39 is 5.97 Å². The van der Waals surface area contributed by atoms with Crippen molar-refractivity contribution in [3.8, 4) is 0 Å².